The van der Waals surface area contributed by atoms with Crippen molar-refractivity contribution in [2.75, 3.05) is 49.1 Å². The van der Waals surface area contributed by atoms with Gasteiger partial charge in [-0.05, 0) is 26.0 Å². The Labute approximate surface area is 173 Å². The quantitative estimate of drug-likeness (QED) is 0.672. The van der Waals surface area contributed by atoms with Crippen molar-refractivity contribution < 1.29 is 8.42 Å². The minimum Gasteiger partial charge on any atom is -0.356 e. The van der Waals surface area contributed by atoms with Gasteiger partial charge in [0.2, 0.25) is 0 Å². The van der Waals surface area contributed by atoms with Crippen LogP contribution in [0.2, 0.25) is 0 Å². The first-order chi connectivity index (χ1) is 13.8. The Balaban J connectivity index is 1.67. The van der Waals surface area contributed by atoms with E-state index >= 15 is 0 Å². The van der Waals surface area contributed by atoms with E-state index in [1.807, 2.05) is 33.0 Å². The molecule has 0 unspecified atom stereocenters. The third kappa shape index (κ3) is 4.37. The molecule has 1 aliphatic heterocycles. The summed E-state index contributed by atoms with van der Waals surface area (Å²) < 4.78 is 29.3. The first kappa shape index (κ1) is 21.5. The maximum Gasteiger partial charge on any atom is 0.262 e. The molecule has 160 valence electrons. The van der Waals surface area contributed by atoms with Gasteiger partial charge in [0.15, 0.2) is 16.7 Å². The third-order valence-corrected chi connectivity index (χ3v) is 7.07. The lowest BCUT2D eigenvalue weighted by molar-refractivity contribution is 0.382. The fourth-order valence-electron chi connectivity index (χ4n) is 3.61. The van der Waals surface area contributed by atoms with Crippen LogP contribution in [0, 0.1) is 0 Å². The molecule has 9 nitrogen and oxygen atoms in total. The maximum atomic E-state index is 13.0. The highest BCUT2D eigenvalue weighted by molar-refractivity contribution is 7.89. The zero-order valence-electron chi connectivity index (χ0n) is 17.9. The van der Waals surface area contributed by atoms with Crippen molar-refractivity contribution in [3.05, 3.63) is 24.2 Å². The first-order valence-electron chi connectivity index (χ1n) is 10.1. The number of aromatic nitrogens is 4. The first-order valence-corrected chi connectivity index (χ1v) is 11.6. The number of sulfonamides is 1. The monoisotopic (exact) mass is 421 g/mol. The molecule has 2 aromatic heterocycles. The highest BCUT2D eigenvalue weighted by Crippen LogP contribution is 2.22. The number of anilines is 2. The highest BCUT2D eigenvalue weighted by Gasteiger charge is 2.31. The average molecular weight is 422 g/mol. The van der Waals surface area contributed by atoms with Crippen LogP contribution in [0.3, 0.4) is 0 Å². The molecule has 0 N–H and O–H groups in total. The van der Waals surface area contributed by atoms with E-state index < -0.39 is 10.0 Å². The van der Waals surface area contributed by atoms with Gasteiger partial charge in [-0.2, -0.15) is 4.31 Å². The molecule has 3 rings (SSSR count). The topological polar surface area (TPSA) is 87.5 Å². The summed E-state index contributed by atoms with van der Waals surface area (Å²) in [6.07, 6.45) is 1.61. The molecule has 0 atom stereocenters. The molecule has 29 heavy (non-hydrogen) atoms. The summed E-state index contributed by atoms with van der Waals surface area (Å²) in [5, 5.41) is 8.80. The number of imidazole rings is 1. The van der Waals surface area contributed by atoms with Crippen molar-refractivity contribution in [1.29, 1.82) is 0 Å². The summed E-state index contributed by atoms with van der Waals surface area (Å²) in [6.45, 7) is 11.9. The van der Waals surface area contributed by atoms with Crippen LogP contribution >= 0.6 is 0 Å². The van der Waals surface area contributed by atoms with Crippen molar-refractivity contribution in [2.45, 2.75) is 38.6 Å². The van der Waals surface area contributed by atoms with E-state index in [-0.39, 0.29) is 10.9 Å². The van der Waals surface area contributed by atoms with Gasteiger partial charge in [-0.15, -0.1) is 10.2 Å². The molecule has 0 aromatic carbocycles. The van der Waals surface area contributed by atoms with Crippen LogP contribution in [0.5, 0.6) is 0 Å². The molecule has 1 aliphatic rings. The van der Waals surface area contributed by atoms with Gasteiger partial charge in [-0.25, -0.2) is 13.4 Å². The number of aryl methyl sites for hydroxylation is 1. The highest BCUT2D eigenvalue weighted by atomic mass is 32.2. The minimum atomic E-state index is -3.60. The standard InChI is InChI=1S/C19H31N7O2S/c1-6-24(7-2)16-8-9-17(22-21-16)25-10-12-26(13-11-25)29(27,28)18-14-23(5)19(20-18)15(3)4/h8-9,14-15H,6-7,10-13H2,1-5H3. The molecule has 2 aromatic rings. The zero-order chi connectivity index (χ0) is 21.2. The molecule has 0 bridgehead atoms. The van der Waals surface area contributed by atoms with E-state index in [2.05, 4.69) is 38.8 Å². The molecule has 1 saturated heterocycles. The smallest absolute Gasteiger partial charge is 0.262 e. The van der Waals surface area contributed by atoms with Gasteiger partial charge in [0, 0.05) is 58.4 Å². The second-order valence-electron chi connectivity index (χ2n) is 7.52. The predicted octanol–water partition coefficient (Wildman–Crippen LogP) is 1.69. The maximum absolute atomic E-state index is 13.0. The summed E-state index contributed by atoms with van der Waals surface area (Å²) in [5.74, 6) is 2.57. The van der Waals surface area contributed by atoms with Crippen LogP contribution in [0.1, 0.15) is 39.4 Å². The van der Waals surface area contributed by atoms with Crippen molar-refractivity contribution >= 4 is 21.7 Å². The summed E-state index contributed by atoms with van der Waals surface area (Å²) in [6, 6.07) is 3.93. The predicted molar refractivity (Wildman–Crippen MR) is 114 cm³/mol. The van der Waals surface area contributed by atoms with Crippen LogP contribution in [-0.4, -0.2) is 71.7 Å². The Morgan fingerprint density at radius 1 is 1.07 bits per heavy atom. The van der Waals surface area contributed by atoms with E-state index in [9.17, 15) is 8.42 Å². The molecule has 0 saturated carbocycles. The van der Waals surface area contributed by atoms with Crippen molar-refractivity contribution in [3.63, 3.8) is 0 Å². The second-order valence-corrected chi connectivity index (χ2v) is 9.40. The normalized spacial score (nSPS) is 15.9. The Hall–Kier alpha value is -2.20. The largest absolute Gasteiger partial charge is 0.356 e. The van der Waals surface area contributed by atoms with E-state index in [1.54, 1.807) is 10.8 Å². The van der Waals surface area contributed by atoms with E-state index in [1.165, 1.54) is 4.31 Å². The van der Waals surface area contributed by atoms with Gasteiger partial charge >= 0.3 is 0 Å². The molecule has 3 heterocycles. The number of piperazine rings is 1. The van der Waals surface area contributed by atoms with Crippen LogP contribution in [0.25, 0.3) is 0 Å². The SMILES string of the molecule is CCN(CC)c1ccc(N2CCN(S(=O)(=O)c3cn(C)c(C(C)C)n3)CC2)nn1. The van der Waals surface area contributed by atoms with Gasteiger partial charge in [-0.3, -0.25) is 0 Å². The van der Waals surface area contributed by atoms with Crippen molar-refractivity contribution in [2.24, 2.45) is 7.05 Å². The Bertz CT molecular complexity index is 913. The van der Waals surface area contributed by atoms with Gasteiger partial charge in [0.05, 0.1) is 0 Å². The molecule has 0 spiro atoms. The number of nitrogens with zero attached hydrogens (tertiary/aromatic N) is 7. The van der Waals surface area contributed by atoms with E-state index in [0.717, 1.165) is 30.5 Å². The lowest BCUT2D eigenvalue weighted by atomic mass is 10.2. The van der Waals surface area contributed by atoms with E-state index in [4.69, 9.17) is 0 Å². The fraction of sp³-hybridized carbons (Fsp3) is 0.632. The summed E-state index contributed by atoms with van der Waals surface area (Å²) in [7, 11) is -1.76. The fourth-order valence-corrected chi connectivity index (χ4v) is 5.01. The van der Waals surface area contributed by atoms with Gasteiger partial charge in [0.25, 0.3) is 10.0 Å². The summed E-state index contributed by atoms with van der Waals surface area (Å²) in [4.78, 5) is 8.58. The van der Waals surface area contributed by atoms with Gasteiger partial charge in [-0.1, -0.05) is 13.8 Å². The molecule has 0 aliphatic carbocycles. The number of hydrogen-bond acceptors (Lipinski definition) is 7. The number of rotatable bonds is 7. The third-order valence-electron chi connectivity index (χ3n) is 5.30. The van der Waals surface area contributed by atoms with Crippen LogP contribution in [0.15, 0.2) is 23.4 Å². The zero-order valence-corrected chi connectivity index (χ0v) is 18.7. The van der Waals surface area contributed by atoms with Crippen LogP contribution in [-0.2, 0) is 17.1 Å². The Morgan fingerprint density at radius 3 is 2.21 bits per heavy atom. The minimum absolute atomic E-state index is 0.125. The summed E-state index contributed by atoms with van der Waals surface area (Å²) >= 11 is 0. The van der Waals surface area contributed by atoms with Gasteiger partial charge in [0.1, 0.15) is 5.82 Å². The Morgan fingerprint density at radius 2 is 1.72 bits per heavy atom. The lowest BCUT2D eigenvalue weighted by Crippen LogP contribution is -2.49. The molecule has 10 heteroatoms. The van der Waals surface area contributed by atoms with Crippen molar-refractivity contribution in [1.82, 2.24) is 24.1 Å². The molecular formula is C19H31N7O2S. The van der Waals surface area contributed by atoms with Gasteiger partial charge < -0.3 is 14.4 Å². The summed E-state index contributed by atoms with van der Waals surface area (Å²) in [5.41, 5.74) is 0. The number of hydrogen-bond donors (Lipinski definition) is 0. The molecule has 0 amide bonds. The van der Waals surface area contributed by atoms with Crippen LogP contribution < -0.4 is 9.80 Å². The average Bonchev–Trinajstić information content (AvgIpc) is 3.12. The molecule has 1 fully saturated rings. The second kappa shape index (κ2) is 8.66. The molecular weight excluding hydrogens is 390 g/mol. The lowest BCUT2D eigenvalue weighted by Gasteiger charge is -2.34. The van der Waals surface area contributed by atoms with Crippen LogP contribution in [0.4, 0.5) is 11.6 Å². The van der Waals surface area contributed by atoms with E-state index in [0.29, 0.717) is 26.2 Å². The Kier molecular flexibility index (Phi) is 6.42. The van der Waals surface area contributed by atoms with Crippen molar-refractivity contribution in [3.8, 4) is 0 Å². The molecule has 0 radical (unpaired) electrons.